The number of nitrogens with one attached hydrogen (secondary N) is 1. The Morgan fingerprint density at radius 2 is 2.28 bits per heavy atom. The second-order valence-electron chi connectivity index (χ2n) is 5.86. The van der Waals surface area contributed by atoms with Crippen LogP contribution in [0.25, 0.3) is 0 Å². The Labute approximate surface area is 109 Å². The monoisotopic (exact) mass is 246 g/mol. The van der Waals surface area contributed by atoms with Crippen molar-refractivity contribution in [3.63, 3.8) is 0 Å². The van der Waals surface area contributed by atoms with Gasteiger partial charge in [-0.05, 0) is 50.0 Å². The molecule has 0 radical (unpaired) electrons. The van der Waals surface area contributed by atoms with E-state index in [-0.39, 0.29) is 0 Å². The van der Waals surface area contributed by atoms with Crippen molar-refractivity contribution in [2.24, 2.45) is 17.8 Å². The summed E-state index contributed by atoms with van der Waals surface area (Å²) in [6.07, 6.45) is 7.60. The molecule has 0 aromatic carbocycles. The number of nitrogens with zero attached hydrogens (tertiary/aromatic N) is 1. The van der Waals surface area contributed by atoms with Crippen LogP contribution >= 0.6 is 0 Å². The fourth-order valence-electron chi connectivity index (χ4n) is 3.89. The predicted molar refractivity (Wildman–Crippen MR) is 72.8 cm³/mol. The molecule has 0 aliphatic heterocycles. The van der Waals surface area contributed by atoms with Crippen LogP contribution < -0.4 is 10.1 Å². The van der Waals surface area contributed by atoms with Gasteiger partial charge in [0, 0.05) is 24.0 Å². The molecule has 1 N–H and O–H groups in total. The highest BCUT2D eigenvalue weighted by Gasteiger charge is 2.41. The van der Waals surface area contributed by atoms with Gasteiger partial charge in [-0.3, -0.25) is 0 Å². The van der Waals surface area contributed by atoms with Gasteiger partial charge in [-0.1, -0.05) is 6.42 Å². The largest absolute Gasteiger partial charge is 0.481 e. The predicted octanol–water partition coefficient (Wildman–Crippen LogP) is 3.33. The smallest absolute Gasteiger partial charge is 0.214 e. The molecule has 0 saturated heterocycles. The third kappa shape index (κ3) is 2.18. The molecule has 2 bridgehead atoms. The van der Waals surface area contributed by atoms with Crippen molar-refractivity contribution in [1.29, 1.82) is 0 Å². The third-order valence-corrected chi connectivity index (χ3v) is 4.77. The molecule has 2 aliphatic rings. The van der Waals surface area contributed by atoms with Gasteiger partial charge in [0.1, 0.15) is 0 Å². The first kappa shape index (κ1) is 11.8. The van der Waals surface area contributed by atoms with E-state index in [1.807, 2.05) is 12.1 Å². The molecule has 2 fully saturated rings. The van der Waals surface area contributed by atoms with Crippen LogP contribution in [-0.2, 0) is 0 Å². The number of ether oxygens (including phenoxy) is 1. The van der Waals surface area contributed by atoms with Crippen molar-refractivity contribution in [3.8, 4) is 5.88 Å². The van der Waals surface area contributed by atoms with Gasteiger partial charge in [-0.15, -0.1) is 0 Å². The summed E-state index contributed by atoms with van der Waals surface area (Å²) in [6, 6.07) is 4.54. The minimum absolute atomic E-state index is 0.549. The van der Waals surface area contributed by atoms with Crippen LogP contribution in [0.2, 0.25) is 0 Å². The van der Waals surface area contributed by atoms with E-state index >= 15 is 0 Å². The highest BCUT2D eigenvalue weighted by molar-refractivity contribution is 5.45. The first-order chi connectivity index (χ1) is 8.76. The van der Waals surface area contributed by atoms with Crippen LogP contribution in [0.15, 0.2) is 18.3 Å². The lowest BCUT2D eigenvalue weighted by Crippen LogP contribution is -2.29. The van der Waals surface area contributed by atoms with Crippen molar-refractivity contribution in [1.82, 2.24) is 4.98 Å². The van der Waals surface area contributed by atoms with Gasteiger partial charge in [0.2, 0.25) is 5.88 Å². The average molecular weight is 246 g/mol. The zero-order valence-electron chi connectivity index (χ0n) is 11.2. The number of anilines is 1. The summed E-state index contributed by atoms with van der Waals surface area (Å²) in [4.78, 5) is 4.14. The second-order valence-corrected chi connectivity index (χ2v) is 5.86. The van der Waals surface area contributed by atoms with E-state index in [9.17, 15) is 0 Å². The van der Waals surface area contributed by atoms with Crippen molar-refractivity contribution < 1.29 is 4.74 Å². The third-order valence-electron chi connectivity index (χ3n) is 4.77. The Balaban J connectivity index is 1.65. The zero-order chi connectivity index (χ0) is 12.5. The Bertz CT molecular complexity index is 421. The quantitative estimate of drug-likeness (QED) is 0.885. The number of hydrogen-bond donors (Lipinski definition) is 1. The van der Waals surface area contributed by atoms with Crippen LogP contribution in [0.3, 0.4) is 0 Å². The molecular weight excluding hydrogens is 224 g/mol. The van der Waals surface area contributed by atoms with Gasteiger partial charge >= 0.3 is 0 Å². The number of rotatable bonds is 4. The summed E-state index contributed by atoms with van der Waals surface area (Å²) in [7, 11) is 1.66. The molecule has 18 heavy (non-hydrogen) atoms. The molecule has 2 aliphatic carbocycles. The number of methoxy groups -OCH3 is 1. The Kier molecular flexibility index (Phi) is 3.14. The fraction of sp³-hybridized carbons (Fsp3) is 0.667. The van der Waals surface area contributed by atoms with E-state index in [1.54, 1.807) is 13.3 Å². The Morgan fingerprint density at radius 3 is 2.94 bits per heavy atom. The Morgan fingerprint density at radius 1 is 1.39 bits per heavy atom. The van der Waals surface area contributed by atoms with Gasteiger partial charge in [0.05, 0.1) is 7.11 Å². The maximum Gasteiger partial charge on any atom is 0.214 e. The van der Waals surface area contributed by atoms with Crippen LogP contribution in [-0.4, -0.2) is 18.1 Å². The number of fused-ring (bicyclic) bond motifs is 2. The topological polar surface area (TPSA) is 34.1 Å². The standard InChI is InChI=1S/C15H22N2O/c1-10(14-8-11-3-4-12(14)7-11)17-13-5-6-16-15(9-13)18-2/h5-6,9-12,14H,3-4,7-8H2,1-2H3,(H,16,17). The van der Waals surface area contributed by atoms with Gasteiger partial charge < -0.3 is 10.1 Å². The molecule has 1 aromatic heterocycles. The lowest BCUT2D eigenvalue weighted by atomic mass is 9.84. The number of pyridine rings is 1. The normalized spacial score (nSPS) is 31.3. The minimum atomic E-state index is 0.549. The van der Waals surface area contributed by atoms with Crippen LogP contribution in [0.1, 0.15) is 32.6 Å². The minimum Gasteiger partial charge on any atom is -0.481 e. The van der Waals surface area contributed by atoms with Gasteiger partial charge in [-0.2, -0.15) is 0 Å². The summed E-state index contributed by atoms with van der Waals surface area (Å²) in [5.41, 5.74) is 1.12. The molecule has 4 unspecified atom stereocenters. The SMILES string of the molecule is COc1cc(NC(C)C2CC3CCC2C3)ccn1. The zero-order valence-corrected chi connectivity index (χ0v) is 11.2. The molecule has 1 aromatic rings. The maximum atomic E-state index is 5.16. The number of aromatic nitrogens is 1. The molecule has 98 valence electrons. The Hall–Kier alpha value is -1.25. The first-order valence-electron chi connectivity index (χ1n) is 7.03. The number of hydrogen-bond acceptors (Lipinski definition) is 3. The molecule has 2 saturated carbocycles. The molecule has 4 atom stereocenters. The van der Waals surface area contributed by atoms with Gasteiger partial charge in [0.15, 0.2) is 0 Å². The van der Waals surface area contributed by atoms with Gasteiger partial charge in [-0.25, -0.2) is 4.98 Å². The van der Waals surface area contributed by atoms with Crippen molar-refractivity contribution in [3.05, 3.63) is 18.3 Å². The van der Waals surface area contributed by atoms with Crippen molar-refractivity contribution in [2.45, 2.75) is 38.6 Å². The van der Waals surface area contributed by atoms with E-state index in [4.69, 9.17) is 4.74 Å². The summed E-state index contributed by atoms with van der Waals surface area (Å²) >= 11 is 0. The first-order valence-corrected chi connectivity index (χ1v) is 7.03. The van der Waals surface area contributed by atoms with Crippen molar-refractivity contribution >= 4 is 5.69 Å². The molecule has 3 heteroatoms. The van der Waals surface area contributed by atoms with Crippen molar-refractivity contribution in [2.75, 3.05) is 12.4 Å². The van der Waals surface area contributed by atoms with E-state index < -0.39 is 0 Å². The van der Waals surface area contributed by atoms with E-state index in [0.717, 1.165) is 23.4 Å². The molecular formula is C15H22N2O. The molecule has 0 spiro atoms. The molecule has 0 amide bonds. The van der Waals surface area contributed by atoms with E-state index in [1.165, 1.54) is 25.7 Å². The lowest BCUT2D eigenvalue weighted by Gasteiger charge is -2.29. The van der Waals surface area contributed by atoms with Crippen LogP contribution in [0.5, 0.6) is 5.88 Å². The lowest BCUT2D eigenvalue weighted by molar-refractivity contribution is 0.304. The molecule has 3 nitrogen and oxygen atoms in total. The summed E-state index contributed by atoms with van der Waals surface area (Å²) in [5.74, 6) is 3.50. The van der Waals surface area contributed by atoms with E-state index in [0.29, 0.717) is 11.9 Å². The van der Waals surface area contributed by atoms with Crippen LogP contribution in [0, 0.1) is 17.8 Å². The second kappa shape index (κ2) is 4.79. The highest BCUT2D eigenvalue weighted by atomic mass is 16.5. The maximum absolute atomic E-state index is 5.16. The highest BCUT2D eigenvalue weighted by Crippen LogP contribution is 2.49. The molecule has 3 rings (SSSR count). The summed E-state index contributed by atoms with van der Waals surface area (Å²) in [5, 5.41) is 3.62. The summed E-state index contributed by atoms with van der Waals surface area (Å²) < 4.78 is 5.16. The van der Waals surface area contributed by atoms with Gasteiger partial charge in [0.25, 0.3) is 0 Å². The average Bonchev–Trinajstić information content (AvgIpc) is 3.01. The molecule has 1 heterocycles. The summed E-state index contributed by atoms with van der Waals surface area (Å²) in [6.45, 7) is 2.32. The van der Waals surface area contributed by atoms with Crippen LogP contribution in [0.4, 0.5) is 5.69 Å². The fourth-order valence-corrected chi connectivity index (χ4v) is 3.89. The van der Waals surface area contributed by atoms with E-state index in [2.05, 4.69) is 17.2 Å².